The summed E-state index contributed by atoms with van der Waals surface area (Å²) < 4.78 is 5.00. The van der Waals surface area contributed by atoms with Crippen molar-refractivity contribution in [2.45, 2.75) is 52.2 Å². The number of carbonyl (C=O) groups excluding carboxylic acids is 1. The number of carboxylic acids is 2. The van der Waals surface area contributed by atoms with Gasteiger partial charge in [0, 0.05) is 12.5 Å². The van der Waals surface area contributed by atoms with Crippen LogP contribution in [0.1, 0.15) is 40.5 Å². The lowest BCUT2D eigenvalue weighted by Crippen LogP contribution is -2.43. The lowest BCUT2D eigenvalue weighted by molar-refractivity contribution is -0.143. The lowest BCUT2D eigenvalue weighted by Gasteiger charge is -2.24. The molecule has 110 valence electrons. The van der Waals surface area contributed by atoms with E-state index in [1.54, 1.807) is 20.8 Å². The molecule has 2 atom stereocenters. The number of carboxylic acid groups (broad SMARTS) is 2. The molecule has 0 fully saturated rings. The molecule has 0 rings (SSSR count). The van der Waals surface area contributed by atoms with Gasteiger partial charge in [0.25, 0.3) is 0 Å². The highest BCUT2D eigenvalue weighted by Gasteiger charge is 2.28. The number of carbonyl (C=O) groups is 3. The van der Waals surface area contributed by atoms with Crippen LogP contribution in [0.3, 0.4) is 0 Å². The van der Waals surface area contributed by atoms with Gasteiger partial charge in [-0.2, -0.15) is 0 Å². The molecule has 0 heterocycles. The third-order valence-electron chi connectivity index (χ3n) is 2.33. The first-order valence-corrected chi connectivity index (χ1v) is 5.97. The Morgan fingerprint density at radius 3 is 2.11 bits per heavy atom. The Morgan fingerprint density at radius 2 is 1.74 bits per heavy atom. The van der Waals surface area contributed by atoms with Gasteiger partial charge >= 0.3 is 18.0 Å². The van der Waals surface area contributed by atoms with Crippen LogP contribution in [0.15, 0.2) is 0 Å². The van der Waals surface area contributed by atoms with Gasteiger partial charge < -0.3 is 20.3 Å². The monoisotopic (exact) mass is 275 g/mol. The van der Waals surface area contributed by atoms with Crippen LogP contribution in [0.4, 0.5) is 4.79 Å². The second-order valence-electron chi connectivity index (χ2n) is 5.31. The Balaban J connectivity index is 4.48. The van der Waals surface area contributed by atoms with Crippen molar-refractivity contribution in [3.63, 3.8) is 0 Å². The molecular formula is C12H21NO6. The highest BCUT2D eigenvalue weighted by Crippen LogP contribution is 2.13. The number of aliphatic carboxylic acids is 2. The van der Waals surface area contributed by atoms with Gasteiger partial charge in [-0.15, -0.1) is 0 Å². The summed E-state index contributed by atoms with van der Waals surface area (Å²) in [5, 5.41) is 20.0. The van der Waals surface area contributed by atoms with E-state index in [0.717, 1.165) is 0 Å². The van der Waals surface area contributed by atoms with E-state index in [1.807, 2.05) is 0 Å². The maximum absolute atomic E-state index is 11.5. The van der Waals surface area contributed by atoms with Gasteiger partial charge in [0.05, 0.1) is 5.92 Å². The number of hydrogen-bond acceptors (Lipinski definition) is 4. The molecule has 0 aromatic heterocycles. The Bertz CT molecular complexity index is 347. The van der Waals surface area contributed by atoms with Crippen molar-refractivity contribution < 1.29 is 29.3 Å². The standard InChI is InChI=1S/C12H21NO6/c1-7(13-11(18)19-12(2,3)4)8(10(16)17)5-6-9(14)15/h7-8H,5-6H2,1-4H3,(H,13,18)(H,14,15)(H,16,17). The number of amides is 1. The van der Waals surface area contributed by atoms with E-state index < -0.39 is 35.6 Å². The molecule has 0 spiro atoms. The first-order chi connectivity index (χ1) is 8.53. The summed E-state index contributed by atoms with van der Waals surface area (Å²) in [5.74, 6) is -3.19. The molecule has 3 N–H and O–H groups in total. The molecule has 0 saturated carbocycles. The predicted octanol–water partition coefficient (Wildman–Crippen LogP) is 1.47. The Morgan fingerprint density at radius 1 is 1.21 bits per heavy atom. The van der Waals surface area contributed by atoms with Crippen LogP contribution in [0.2, 0.25) is 0 Å². The Kier molecular flexibility index (Phi) is 6.31. The number of hydrogen-bond donors (Lipinski definition) is 3. The van der Waals surface area contributed by atoms with E-state index >= 15 is 0 Å². The van der Waals surface area contributed by atoms with Crippen LogP contribution in [-0.4, -0.2) is 39.9 Å². The molecule has 1 amide bonds. The van der Waals surface area contributed by atoms with Gasteiger partial charge in [0.2, 0.25) is 0 Å². The fourth-order valence-corrected chi connectivity index (χ4v) is 1.46. The van der Waals surface area contributed by atoms with Crippen molar-refractivity contribution in [3.8, 4) is 0 Å². The van der Waals surface area contributed by atoms with Gasteiger partial charge in [0.15, 0.2) is 0 Å². The van der Waals surface area contributed by atoms with E-state index in [1.165, 1.54) is 6.92 Å². The van der Waals surface area contributed by atoms with Crippen molar-refractivity contribution >= 4 is 18.0 Å². The molecule has 0 saturated heterocycles. The minimum atomic E-state index is -1.15. The fraction of sp³-hybridized carbons (Fsp3) is 0.750. The quantitative estimate of drug-likeness (QED) is 0.676. The summed E-state index contributed by atoms with van der Waals surface area (Å²) in [7, 11) is 0. The maximum atomic E-state index is 11.5. The zero-order valence-electron chi connectivity index (χ0n) is 11.6. The average Bonchev–Trinajstić information content (AvgIpc) is 2.12. The zero-order chi connectivity index (χ0) is 15.2. The largest absolute Gasteiger partial charge is 0.481 e. The summed E-state index contributed by atoms with van der Waals surface area (Å²) in [6.45, 7) is 6.58. The van der Waals surface area contributed by atoms with Gasteiger partial charge in [-0.1, -0.05) is 0 Å². The van der Waals surface area contributed by atoms with Crippen LogP contribution in [0.5, 0.6) is 0 Å². The average molecular weight is 275 g/mol. The van der Waals surface area contributed by atoms with E-state index in [9.17, 15) is 14.4 Å². The first kappa shape index (κ1) is 17.2. The maximum Gasteiger partial charge on any atom is 0.407 e. The van der Waals surface area contributed by atoms with Crippen LogP contribution < -0.4 is 5.32 Å². The number of ether oxygens (including phenoxy) is 1. The molecule has 0 aromatic carbocycles. The Labute approximate surface area is 111 Å². The third-order valence-corrected chi connectivity index (χ3v) is 2.33. The van der Waals surface area contributed by atoms with E-state index in [4.69, 9.17) is 14.9 Å². The van der Waals surface area contributed by atoms with E-state index in [0.29, 0.717) is 0 Å². The van der Waals surface area contributed by atoms with Crippen molar-refractivity contribution in [2.75, 3.05) is 0 Å². The van der Waals surface area contributed by atoms with Crippen molar-refractivity contribution in [1.82, 2.24) is 5.32 Å². The molecule has 0 bridgehead atoms. The van der Waals surface area contributed by atoms with Gasteiger partial charge in [-0.05, 0) is 34.1 Å². The molecule has 7 heteroatoms. The van der Waals surface area contributed by atoms with Gasteiger partial charge in [-0.3, -0.25) is 9.59 Å². The van der Waals surface area contributed by atoms with Crippen molar-refractivity contribution in [3.05, 3.63) is 0 Å². The molecule has 0 radical (unpaired) electrons. The summed E-state index contributed by atoms with van der Waals surface area (Å²) in [4.78, 5) is 33.0. The SMILES string of the molecule is CC(NC(=O)OC(C)(C)C)C(CCC(=O)O)C(=O)O. The highest BCUT2D eigenvalue weighted by atomic mass is 16.6. The smallest absolute Gasteiger partial charge is 0.407 e. The molecular weight excluding hydrogens is 254 g/mol. The molecule has 2 unspecified atom stereocenters. The lowest BCUT2D eigenvalue weighted by atomic mass is 9.96. The molecule has 0 aliphatic heterocycles. The predicted molar refractivity (Wildman–Crippen MR) is 66.8 cm³/mol. The number of rotatable bonds is 6. The summed E-state index contributed by atoms with van der Waals surface area (Å²) >= 11 is 0. The number of nitrogens with one attached hydrogen (secondary N) is 1. The highest BCUT2D eigenvalue weighted by molar-refractivity contribution is 5.74. The van der Waals surface area contributed by atoms with Crippen LogP contribution >= 0.6 is 0 Å². The van der Waals surface area contributed by atoms with Gasteiger partial charge in [0.1, 0.15) is 5.60 Å². The van der Waals surface area contributed by atoms with Crippen molar-refractivity contribution in [1.29, 1.82) is 0 Å². The summed E-state index contributed by atoms with van der Waals surface area (Å²) in [6.07, 6.45) is -1.04. The van der Waals surface area contributed by atoms with Crippen LogP contribution in [-0.2, 0) is 14.3 Å². The molecule has 0 aliphatic carbocycles. The topological polar surface area (TPSA) is 113 Å². The summed E-state index contributed by atoms with van der Waals surface area (Å²) in [6, 6.07) is -0.716. The molecule has 19 heavy (non-hydrogen) atoms. The second kappa shape index (κ2) is 6.96. The Hall–Kier alpha value is -1.79. The van der Waals surface area contributed by atoms with Crippen molar-refractivity contribution in [2.24, 2.45) is 5.92 Å². The summed E-state index contributed by atoms with van der Waals surface area (Å²) in [5.41, 5.74) is -0.677. The molecule has 7 nitrogen and oxygen atoms in total. The van der Waals surface area contributed by atoms with E-state index in [2.05, 4.69) is 5.32 Å². The van der Waals surface area contributed by atoms with Gasteiger partial charge in [-0.25, -0.2) is 4.79 Å². The number of alkyl carbamates (subject to hydrolysis) is 1. The van der Waals surface area contributed by atoms with Crippen LogP contribution in [0.25, 0.3) is 0 Å². The fourth-order valence-electron chi connectivity index (χ4n) is 1.46. The molecule has 0 aromatic rings. The normalized spacial score (nSPS) is 14.3. The zero-order valence-corrected chi connectivity index (χ0v) is 11.6. The minimum absolute atomic E-state index is 0.0539. The first-order valence-electron chi connectivity index (χ1n) is 5.97. The van der Waals surface area contributed by atoms with Crippen LogP contribution in [0, 0.1) is 5.92 Å². The molecule has 0 aliphatic rings. The minimum Gasteiger partial charge on any atom is -0.481 e. The second-order valence-corrected chi connectivity index (χ2v) is 5.31. The van der Waals surface area contributed by atoms with E-state index in [-0.39, 0.29) is 12.8 Å². The third kappa shape index (κ3) is 8.01.